The number of aliphatic hydroxyl groups is 1. The molecule has 2 aliphatic heterocycles. The lowest BCUT2D eigenvalue weighted by molar-refractivity contribution is -0.144. The predicted molar refractivity (Wildman–Crippen MR) is 97.3 cm³/mol. The second-order valence-corrected chi connectivity index (χ2v) is 8.06. The van der Waals surface area contributed by atoms with Gasteiger partial charge in [-0.15, -0.1) is 0 Å². The number of likely N-dealkylation sites (tertiary alicyclic amines) is 2. The van der Waals surface area contributed by atoms with E-state index >= 15 is 0 Å². The molecular formula is C19H28N4O4. The van der Waals surface area contributed by atoms with Gasteiger partial charge in [0, 0.05) is 49.5 Å². The SMILES string of the molecule is COCC(=O)N1CC[C@@H]2N(C(=O)c3n[nH]c4c3CCC4)CCC[C@@]2(CO)C1. The van der Waals surface area contributed by atoms with Crippen LogP contribution in [-0.4, -0.2) is 82.9 Å². The van der Waals surface area contributed by atoms with Crippen molar-refractivity contribution in [2.75, 3.05) is 40.0 Å². The molecule has 0 bridgehead atoms. The Hall–Kier alpha value is -1.93. The van der Waals surface area contributed by atoms with Crippen molar-refractivity contribution in [3.05, 3.63) is 17.0 Å². The van der Waals surface area contributed by atoms with Gasteiger partial charge in [0.2, 0.25) is 5.91 Å². The quantitative estimate of drug-likeness (QED) is 0.791. The normalized spacial score (nSPS) is 27.4. The average Bonchev–Trinajstić information content (AvgIpc) is 3.30. The number of nitrogens with one attached hydrogen (secondary N) is 1. The molecule has 8 nitrogen and oxygen atoms in total. The van der Waals surface area contributed by atoms with Gasteiger partial charge in [0.1, 0.15) is 6.61 Å². The van der Waals surface area contributed by atoms with Crippen molar-refractivity contribution in [1.82, 2.24) is 20.0 Å². The van der Waals surface area contributed by atoms with Gasteiger partial charge in [-0.3, -0.25) is 14.7 Å². The first kappa shape index (κ1) is 18.4. The highest BCUT2D eigenvalue weighted by Gasteiger charge is 2.50. The molecule has 8 heteroatoms. The van der Waals surface area contributed by atoms with Crippen LogP contribution in [0.4, 0.5) is 0 Å². The van der Waals surface area contributed by atoms with Crippen LogP contribution >= 0.6 is 0 Å². The van der Waals surface area contributed by atoms with Gasteiger partial charge in [-0.1, -0.05) is 0 Å². The van der Waals surface area contributed by atoms with E-state index in [4.69, 9.17) is 4.74 Å². The summed E-state index contributed by atoms with van der Waals surface area (Å²) in [6.45, 7) is 1.75. The third-order valence-electron chi connectivity index (χ3n) is 6.54. The highest BCUT2D eigenvalue weighted by Crippen LogP contribution is 2.42. The van der Waals surface area contributed by atoms with Crippen molar-refractivity contribution in [2.45, 2.75) is 44.6 Å². The molecule has 1 aromatic heterocycles. The molecule has 0 spiro atoms. The van der Waals surface area contributed by atoms with Crippen LogP contribution in [0.3, 0.4) is 0 Å². The molecule has 0 radical (unpaired) electrons. The minimum Gasteiger partial charge on any atom is -0.396 e. The van der Waals surface area contributed by atoms with Gasteiger partial charge in [-0.05, 0) is 38.5 Å². The van der Waals surface area contributed by atoms with Gasteiger partial charge in [-0.25, -0.2) is 0 Å². The van der Waals surface area contributed by atoms with Gasteiger partial charge in [0.25, 0.3) is 5.91 Å². The largest absolute Gasteiger partial charge is 0.396 e. The number of aliphatic hydroxyl groups excluding tert-OH is 1. The molecule has 2 amide bonds. The van der Waals surface area contributed by atoms with Crippen LogP contribution in [0.25, 0.3) is 0 Å². The Morgan fingerprint density at radius 2 is 2.19 bits per heavy atom. The van der Waals surface area contributed by atoms with Crippen LogP contribution in [0.15, 0.2) is 0 Å². The van der Waals surface area contributed by atoms with E-state index in [1.807, 2.05) is 4.90 Å². The number of ether oxygens (including phenoxy) is 1. The van der Waals surface area contributed by atoms with Crippen LogP contribution in [0.2, 0.25) is 0 Å². The van der Waals surface area contributed by atoms with E-state index in [-0.39, 0.29) is 31.1 Å². The Kier molecular flexibility index (Phi) is 4.94. The number of carbonyl (C=O) groups is 2. The fourth-order valence-electron chi connectivity index (χ4n) is 5.18. The summed E-state index contributed by atoms with van der Waals surface area (Å²) < 4.78 is 4.98. The monoisotopic (exact) mass is 376 g/mol. The Morgan fingerprint density at radius 1 is 1.33 bits per heavy atom. The number of fused-ring (bicyclic) bond motifs is 2. The second-order valence-electron chi connectivity index (χ2n) is 8.06. The Balaban J connectivity index is 1.57. The minimum atomic E-state index is -0.463. The van der Waals surface area contributed by atoms with Crippen molar-refractivity contribution >= 4 is 11.8 Å². The molecule has 3 heterocycles. The summed E-state index contributed by atoms with van der Waals surface area (Å²) in [6.07, 6.45) is 5.22. The summed E-state index contributed by atoms with van der Waals surface area (Å²) in [5.41, 5.74) is 2.24. The van der Waals surface area contributed by atoms with E-state index in [9.17, 15) is 14.7 Å². The van der Waals surface area contributed by atoms with E-state index in [0.717, 1.165) is 43.4 Å². The lowest BCUT2D eigenvalue weighted by atomic mass is 9.69. The van der Waals surface area contributed by atoms with Crippen molar-refractivity contribution in [3.8, 4) is 0 Å². The number of aromatic nitrogens is 2. The first-order valence-electron chi connectivity index (χ1n) is 9.84. The molecule has 0 aromatic carbocycles. The molecule has 4 rings (SSSR count). The maximum atomic E-state index is 13.3. The van der Waals surface area contributed by atoms with Crippen LogP contribution in [0.1, 0.15) is 47.4 Å². The molecular weight excluding hydrogens is 348 g/mol. The van der Waals surface area contributed by atoms with E-state index in [0.29, 0.717) is 31.7 Å². The third-order valence-corrected chi connectivity index (χ3v) is 6.54. The van der Waals surface area contributed by atoms with Crippen molar-refractivity contribution in [1.29, 1.82) is 0 Å². The number of amides is 2. The molecule has 2 N–H and O–H groups in total. The molecule has 2 fully saturated rings. The van der Waals surface area contributed by atoms with Gasteiger partial charge in [0.15, 0.2) is 5.69 Å². The molecule has 3 aliphatic rings. The average molecular weight is 376 g/mol. The summed E-state index contributed by atoms with van der Waals surface area (Å²) in [4.78, 5) is 29.3. The molecule has 1 aliphatic carbocycles. The van der Waals surface area contributed by atoms with E-state index in [1.54, 1.807) is 4.90 Å². The maximum absolute atomic E-state index is 13.3. The van der Waals surface area contributed by atoms with E-state index in [2.05, 4.69) is 10.2 Å². The first-order valence-corrected chi connectivity index (χ1v) is 9.84. The number of aromatic amines is 1. The number of piperidine rings is 2. The molecule has 0 unspecified atom stereocenters. The summed E-state index contributed by atoms with van der Waals surface area (Å²) in [5.74, 6) is -0.0917. The van der Waals surface area contributed by atoms with Crippen molar-refractivity contribution < 1.29 is 19.4 Å². The van der Waals surface area contributed by atoms with Crippen LogP contribution in [-0.2, 0) is 22.4 Å². The summed E-state index contributed by atoms with van der Waals surface area (Å²) in [6, 6.07) is -0.0657. The lowest BCUT2D eigenvalue weighted by Gasteiger charge is -2.54. The van der Waals surface area contributed by atoms with Gasteiger partial charge in [0.05, 0.1) is 6.61 Å². The zero-order chi connectivity index (χ0) is 19.0. The van der Waals surface area contributed by atoms with Crippen LogP contribution in [0, 0.1) is 5.41 Å². The molecule has 0 saturated carbocycles. The number of methoxy groups -OCH3 is 1. The second kappa shape index (κ2) is 7.24. The number of rotatable bonds is 4. The van der Waals surface area contributed by atoms with Crippen molar-refractivity contribution in [2.24, 2.45) is 5.41 Å². The maximum Gasteiger partial charge on any atom is 0.274 e. The fourth-order valence-corrected chi connectivity index (χ4v) is 5.18. The fraction of sp³-hybridized carbons (Fsp3) is 0.737. The van der Waals surface area contributed by atoms with E-state index < -0.39 is 5.41 Å². The first-order chi connectivity index (χ1) is 13.1. The highest BCUT2D eigenvalue weighted by molar-refractivity contribution is 5.94. The van der Waals surface area contributed by atoms with Crippen LogP contribution in [0.5, 0.6) is 0 Å². The molecule has 27 heavy (non-hydrogen) atoms. The predicted octanol–water partition coefficient (Wildman–Crippen LogP) is 0.360. The summed E-state index contributed by atoms with van der Waals surface area (Å²) >= 11 is 0. The number of hydrogen-bond donors (Lipinski definition) is 2. The number of nitrogens with zero attached hydrogens (tertiary/aromatic N) is 3. The standard InChI is InChI=1S/C19H28N4O4/c1-27-10-16(25)22-9-6-15-19(11-22,12-24)7-3-8-23(15)18(26)17-13-4-2-5-14(13)20-21-17/h15,24H,2-12H2,1H3,(H,20,21)/t15-,19-/m0/s1. The summed E-state index contributed by atoms with van der Waals surface area (Å²) in [7, 11) is 1.51. The molecule has 2 atom stereocenters. The molecule has 148 valence electrons. The number of H-pyrrole nitrogens is 1. The molecule has 1 aromatic rings. The Labute approximate surface area is 158 Å². The zero-order valence-corrected chi connectivity index (χ0v) is 15.9. The van der Waals surface area contributed by atoms with Gasteiger partial charge >= 0.3 is 0 Å². The van der Waals surface area contributed by atoms with Gasteiger partial charge in [-0.2, -0.15) is 5.10 Å². The van der Waals surface area contributed by atoms with Crippen LogP contribution < -0.4 is 0 Å². The minimum absolute atomic E-state index is 0.0309. The number of aryl methyl sites for hydroxylation is 1. The van der Waals surface area contributed by atoms with E-state index in [1.165, 1.54) is 7.11 Å². The molecule has 2 saturated heterocycles. The third kappa shape index (κ3) is 3.04. The zero-order valence-electron chi connectivity index (χ0n) is 15.9. The summed E-state index contributed by atoms with van der Waals surface area (Å²) in [5, 5.41) is 17.6. The Bertz CT molecular complexity index is 733. The lowest BCUT2D eigenvalue weighted by Crippen LogP contribution is -2.64. The topological polar surface area (TPSA) is 98.8 Å². The number of hydrogen-bond acceptors (Lipinski definition) is 5. The van der Waals surface area contributed by atoms with Crippen molar-refractivity contribution in [3.63, 3.8) is 0 Å². The smallest absolute Gasteiger partial charge is 0.274 e. The highest BCUT2D eigenvalue weighted by atomic mass is 16.5. The Morgan fingerprint density at radius 3 is 2.96 bits per heavy atom. The number of carbonyl (C=O) groups excluding carboxylic acids is 2. The van der Waals surface area contributed by atoms with Gasteiger partial charge < -0.3 is 19.6 Å².